The first-order chi connectivity index (χ1) is 20.9. The molecule has 8 nitrogen and oxygen atoms in total. The summed E-state index contributed by atoms with van der Waals surface area (Å²) < 4.78 is 13.6. The number of hydrogen-bond donors (Lipinski definition) is 0. The van der Waals surface area contributed by atoms with E-state index in [2.05, 4.69) is 4.90 Å². The van der Waals surface area contributed by atoms with Gasteiger partial charge in [-0.2, -0.15) is 0 Å². The van der Waals surface area contributed by atoms with Crippen LogP contribution in [-0.4, -0.2) is 47.8 Å². The second-order valence-electron chi connectivity index (χ2n) is 10.3. The number of carbonyl (C=O) groups is 2. The van der Waals surface area contributed by atoms with Crippen LogP contribution in [0.2, 0.25) is 0 Å². The van der Waals surface area contributed by atoms with Crippen LogP contribution in [0.5, 0.6) is 0 Å². The van der Waals surface area contributed by atoms with Gasteiger partial charge in [-0.25, -0.2) is 4.39 Å². The topological polar surface area (TPSA) is 87.0 Å². The maximum absolute atomic E-state index is 13.8. The van der Waals surface area contributed by atoms with Crippen LogP contribution in [0.25, 0.3) is 6.08 Å². The molecule has 2 aliphatic heterocycles. The number of nitro groups is 1. The lowest BCUT2D eigenvalue weighted by molar-refractivity contribution is -0.384. The second kappa shape index (κ2) is 12.1. The number of amides is 2. The summed E-state index contributed by atoms with van der Waals surface area (Å²) >= 11 is 1.37. The second-order valence-corrected chi connectivity index (χ2v) is 11.4. The van der Waals surface area contributed by atoms with Crippen LogP contribution in [0, 0.1) is 15.9 Å². The van der Waals surface area contributed by atoms with Gasteiger partial charge >= 0.3 is 0 Å². The summed E-state index contributed by atoms with van der Waals surface area (Å²) in [7, 11) is 0. The Bertz CT molecular complexity index is 1700. The Morgan fingerprint density at radius 3 is 2.28 bits per heavy atom. The number of halogens is 1. The highest BCUT2D eigenvalue weighted by atomic mass is 32.2. The van der Waals surface area contributed by atoms with Gasteiger partial charge in [-0.05, 0) is 59.7 Å². The molecule has 0 aliphatic carbocycles. The first-order valence-corrected chi connectivity index (χ1v) is 14.6. The first kappa shape index (κ1) is 28.2. The summed E-state index contributed by atoms with van der Waals surface area (Å²) in [5.41, 5.74) is 3.71. The Balaban J connectivity index is 1.24. The van der Waals surface area contributed by atoms with Gasteiger partial charge in [0.25, 0.3) is 17.5 Å². The molecule has 0 spiro atoms. The zero-order valence-corrected chi connectivity index (χ0v) is 23.9. The normalized spacial score (nSPS) is 15.9. The molecule has 0 aromatic heterocycles. The number of nitrogens with zero attached hydrogens (tertiary/aromatic N) is 4. The van der Waals surface area contributed by atoms with E-state index in [-0.39, 0.29) is 29.9 Å². The molecule has 4 aromatic carbocycles. The van der Waals surface area contributed by atoms with Gasteiger partial charge < -0.3 is 14.7 Å². The van der Waals surface area contributed by atoms with Gasteiger partial charge in [0.05, 0.1) is 22.1 Å². The molecule has 0 bridgehead atoms. The molecule has 0 radical (unpaired) electrons. The van der Waals surface area contributed by atoms with E-state index in [1.54, 1.807) is 46.2 Å². The number of non-ortho nitro benzene ring substituents is 1. The third-order valence-electron chi connectivity index (χ3n) is 7.52. The summed E-state index contributed by atoms with van der Waals surface area (Å²) in [5.74, 6) is -0.668. The lowest BCUT2D eigenvalue weighted by atomic mass is 10.1. The van der Waals surface area contributed by atoms with E-state index in [0.29, 0.717) is 42.3 Å². The minimum atomic E-state index is -0.424. The van der Waals surface area contributed by atoms with Crippen molar-refractivity contribution in [2.24, 2.45) is 0 Å². The third-order valence-corrected chi connectivity index (χ3v) is 8.59. The van der Waals surface area contributed by atoms with E-state index >= 15 is 0 Å². The van der Waals surface area contributed by atoms with E-state index in [4.69, 9.17) is 0 Å². The molecule has 0 N–H and O–H groups in total. The summed E-state index contributed by atoms with van der Waals surface area (Å²) in [6.45, 7) is 2.39. The molecule has 0 unspecified atom stereocenters. The highest BCUT2D eigenvalue weighted by Crippen LogP contribution is 2.43. The van der Waals surface area contributed by atoms with Crippen molar-refractivity contribution >= 4 is 46.7 Å². The predicted molar refractivity (Wildman–Crippen MR) is 166 cm³/mol. The SMILES string of the molecule is O=C(c1ccc2c(c1)N(Cc1ccc(F)cc1)C(=O)/C(=C/c1ccccc1)S2)N1CCN(c2ccc([N+](=O)[O-])cc2)CC1. The van der Waals surface area contributed by atoms with E-state index in [0.717, 1.165) is 21.7 Å². The van der Waals surface area contributed by atoms with Gasteiger partial charge in [-0.3, -0.25) is 19.7 Å². The average molecular weight is 595 g/mol. The monoisotopic (exact) mass is 594 g/mol. The molecule has 216 valence electrons. The summed E-state index contributed by atoms with van der Waals surface area (Å²) in [5, 5.41) is 11.0. The standard InChI is InChI=1S/C33H27FN4O4S/c34-26-9-6-24(7-10-26)22-37-29-21-25(8-15-30(29)43-31(33(37)40)20-23-4-2-1-3-5-23)32(39)36-18-16-35(17-19-36)27-11-13-28(14-12-27)38(41)42/h1-15,20-21H,16-19,22H2/b31-20-. The molecule has 2 amide bonds. The van der Waals surface area contributed by atoms with E-state index in [9.17, 15) is 24.1 Å². The maximum Gasteiger partial charge on any atom is 0.269 e. The van der Waals surface area contributed by atoms with E-state index < -0.39 is 4.92 Å². The molecule has 1 saturated heterocycles. The number of piperazine rings is 1. The van der Waals surface area contributed by atoms with Gasteiger partial charge in [-0.15, -0.1) is 0 Å². The number of benzene rings is 4. The van der Waals surface area contributed by atoms with Gasteiger partial charge in [0.15, 0.2) is 0 Å². The number of anilines is 2. The molecule has 10 heteroatoms. The van der Waals surface area contributed by atoms with Crippen molar-refractivity contribution in [3.63, 3.8) is 0 Å². The summed E-state index contributed by atoms with van der Waals surface area (Å²) in [4.78, 5) is 44.9. The molecule has 0 saturated carbocycles. The predicted octanol–water partition coefficient (Wildman–Crippen LogP) is 6.38. The Morgan fingerprint density at radius 2 is 1.60 bits per heavy atom. The largest absolute Gasteiger partial charge is 0.368 e. The third kappa shape index (κ3) is 6.14. The van der Waals surface area contributed by atoms with Crippen molar-refractivity contribution in [1.29, 1.82) is 0 Å². The Kier molecular flexibility index (Phi) is 7.93. The number of hydrogen-bond acceptors (Lipinski definition) is 6. The fraction of sp³-hybridized carbons (Fsp3) is 0.152. The highest BCUT2D eigenvalue weighted by molar-refractivity contribution is 8.04. The van der Waals surface area contributed by atoms with Crippen LogP contribution in [0.3, 0.4) is 0 Å². The van der Waals surface area contributed by atoms with Crippen LogP contribution >= 0.6 is 11.8 Å². The maximum atomic E-state index is 13.8. The quantitative estimate of drug-likeness (QED) is 0.146. The molecule has 4 aromatic rings. The average Bonchev–Trinajstić information content (AvgIpc) is 3.04. The molecule has 2 aliphatic rings. The first-order valence-electron chi connectivity index (χ1n) is 13.8. The summed E-state index contributed by atoms with van der Waals surface area (Å²) in [6.07, 6.45) is 1.86. The Morgan fingerprint density at radius 1 is 0.907 bits per heavy atom. The summed E-state index contributed by atoms with van der Waals surface area (Å²) in [6, 6.07) is 27.5. The van der Waals surface area contributed by atoms with E-state index in [1.807, 2.05) is 42.5 Å². The minimum absolute atomic E-state index is 0.0396. The Hall–Kier alpha value is -4.96. The lowest BCUT2D eigenvalue weighted by Gasteiger charge is -2.36. The molecule has 43 heavy (non-hydrogen) atoms. The highest BCUT2D eigenvalue weighted by Gasteiger charge is 2.31. The molecule has 2 heterocycles. The van der Waals surface area contributed by atoms with Crippen molar-refractivity contribution in [3.8, 4) is 0 Å². The van der Waals surface area contributed by atoms with Gasteiger partial charge in [0, 0.05) is 54.5 Å². The number of rotatable bonds is 6. The number of fused-ring (bicyclic) bond motifs is 1. The molecule has 0 atom stereocenters. The minimum Gasteiger partial charge on any atom is -0.368 e. The molecular weight excluding hydrogens is 567 g/mol. The number of thioether (sulfide) groups is 1. The molecule has 6 rings (SSSR count). The van der Waals surface area contributed by atoms with Crippen molar-refractivity contribution in [3.05, 3.63) is 135 Å². The van der Waals surface area contributed by atoms with Crippen molar-refractivity contribution in [2.75, 3.05) is 36.0 Å². The molecular formula is C33H27FN4O4S. The zero-order chi connectivity index (χ0) is 29.9. The van der Waals surface area contributed by atoms with Gasteiger partial charge in [0.2, 0.25) is 0 Å². The van der Waals surface area contributed by atoms with Crippen molar-refractivity contribution in [2.45, 2.75) is 11.4 Å². The van der Waals surface area contributed by atoms with Crippen molar-refractivity contribution < 1.29 is 18.9 Å². The zero-order valence-electron chi connectivity index (χ0n) is 23.1. The van der Waals surface area contributed by atoms with Crippen LogP contribution in [-0.2, 0) is 11.3 Å². The van der Waals surface area contributed by atoms with Gasteiger partial charge in [-0.1, -0.05) is 54.2 Å². The van der Waals surface area contributed by atoms with Crippen LogP contribution < -0.4 is 9.80 Å². The van der Waals surface area contributed by atoms with Gasteiger partial charge in [0.1, 0.15) is 5.82 Å². The Labute approximate surface area is 252 Å². The number of nitro benzene ring substituents is 1. The fourth-order valence-corrected chi connectivity index (χ4v) is 6.25. The van der Waals surface area contributed by atoms with Crippen LogP contribution in [0.4, 0.5) is 21.5 Å². The fourth-order valence-electron chi connectivity index (χ4n) is 5.21. The molecule has 1 fully saturated rings. The number of carbonyl (C=O) groups excluding carboxylic acids is 2. The van der Waals surface area contributed by atoms with E-state index in [1.165, 1.54) is 36.0 Å². The van der Waals surface area contributed by atoms with Crippen LogP contribution in [0.1, 0.15) is 21.5 Å². The van der Waals surface area contributed by atoms with Crippen molar-refractivity contribution in [1.82, 2.24) is 4.90 Å². The van der Waals surface area contributed by atoms with Crippen LogP contribution in [0.15, 0.2) is 107 Å². The lowest BCUT2D eigenvalue weighted by Crippen LogP contribution is -2.48. The smallest absolute Gasteiger partial charge is 0.269 e.